The summed E-state index contributed by atoms with van der Waals surface area (Å²) in [5.41, 5.74) is 0. The fourth-order valence-corrected chi connectivity index (χ4v) is 0.516. The van der Waals surface area contributed by atoms with Gasteiger partial charge in [0.2, 0.25) is 0 Å². The molecule has 72 valence electrons. The third kappa shape index (κ3) is 12.5. The van der Waals surface area contributed by atoms with Crippen LogP contribution >= 0.6 is 0 Å². The number of epoxide rings is 2. The van der Waals surface area contributed by atoms with Gasteiger partial charge in [0.25, 0.3) is 0 Å². The summed E-state index contributed by atoms with van der Waals surface area (Å²) in [6.07, 6.45) is 0. The van der Waals surface area contributed by atoms with E-state index in [-0.39, 0.29) is 0 Å². The number of hydrogen-bond donors (Lipinski definition) is 1. The van der Waals surface area contributed by atoms with Gasteiger partial charge in [-0.05, 0) is 0 Å². The second kappa shape index (κ2) is 7.49. The third-order valence-electron chi connectivity index (χ3n) is 1.25. The molecule has 0 spiro atoms. The van der Waals surface area contributed by atoms with Crippen LogP contribution in [-0.2, 0) is 14.2 Å². The van der Waals surface area contributed by atoms with Gasteiger partial charge in [0.15, 0.2) is 0 Å². The minimum absolute atomic E-state index is 0.889. The Labute approximate surface area is 73.2 Å². The maximum atomic E-state index is 5.01. The molecule has 4 heteroatoms. The molecule has 4 nitrogen and oxygen atoms in total. The maximum absolute atomic E-state index is 5.01. The Morgan fingerprint density at radius 2 is 1.00 bits per heavy atom. The number of hydrogen-bond acceptors (Lipinski definition) is 4. The monoisotopic (exact) mass is 175 g/mol. The molecule has 0 aromatic heterocycles. The first-order valence-corrected chi connectivity index (χ1v) is 4.44. The quantitative estimate of drug-likeness (QED) is 0.511. The lowest BCUT2D eigenvalue weighted by Crippen LogP contribution is -2.30. The molecule has 0 radical (unpaired) electrons. The van der Waals surface area contributed by atoms with Gasteiger partial charge in [-0.15, -0.1) is 0 Å². The van der Waals surface area contributed by atoms with Gasteiger partial charge in [-0.3, -0.25) is 0 Å². The summed E-state index contributed by atoms with van der Waals surface area (Å²) in [6.45, 7) is 7.83. The SMILES string of the molecule is C1CO1.C1CO1.C1COCCN1. The van der Waals surface area contributed by atoms with E-state index in [2.05, 4.69) is 14.8 Å². The van der Waals surface area contributed by atoms with Crippen LogP contribution in [0.5, 0.6) is 0 Å². The molecule has 0 amide bonds. The topological polar surface area (TPSA) is 46.3 Å². The summed E-state index contributed by atoms with van der Waals surface area (Å²) in [5, 5.41) is 3.16. The summed E-state index contributed by atoms with van der Waals surface area (Å²) >= 11 is 0. The molecule has 3 aliphatic heterocycles. The molecule has 12 heavy (non-hydrogen) atoms. The van der Waals surface area contributed by atoms with Crippen molar-refractivity contribution in [2.75, 3.05) is 52.7 Å². The van der Waals surface area contributed by atoms with E-state index in [9.17, 15) is 0 Å². The van der Waals surface area contributed by atoms with Crippen LogP contribution in [0.25, 0.3) is 0 Å². The third-order valence-corrected chi connectivity index (χ3v) is 1.25. The van der Waals surface area contributed by atoms with Crippen LogP contribution in [0.15, 0.2) is 0 Å². The Bertz CT molecular complexity index is 69.3. The highest BCUT2D eigenvalue weighted by atomic mass is 16.6. The van der Waals surface area contributed by atoms with Crippen LogP contribution in [-0.4, -0.2) is 52.7 Å². The Hall–Kier alpha value is -0.160. The minimum atomic E-state index is 0.889. The molecule has 0 unspecified atom stereocenters. The Morgan fingerprint density at radius 1 is 0.583 bits per heavy atom. The largest absolute Gasteiger partial charge is 0.379 e. The van der Waals surface area contributed by atoms with Gasteiger partial charge in [-0.1, -0.05) is 0 Å². The van der Waals surface area contributed by atoms with Gasteiger partial charge < -0.3 is 19.5 Å². The number of morpholine rings is 1. The number of ether oxygens (including phenoxy) is 3. The zero-order valence-electron chi connectivity index (χ0n) is 7.38. The van der Waals surface area contributed by atoms with Crippen molar-refractivity contribution in [2.45, 2.75) is 0 Å². The molecule has 3 fully saturated rings. The molecular weight excluding hydrogens is 158 g/mol. The van der Waals surface area contributed by atoms with Crippen LogP contribution in [0.2, 0.25) is 0 Å². The smallest absolute Gasteiger partial charge is 0.0701 e. The molecule has 0 aromatic rings. The van der Waals surface area contributed by atoms with Crippen molar-refractivity contribution in [1.29, 1.82) is 0 Å². The Balaban J connectivity index is 0.0000001000. The molecule has 0 atom stereocenters. The highest BCUT2D eigenvalue weighted by molar-refractivity contribution is 4.49. The van der Waals surface area contributed by atoms with Crippen molar-refractivity contribution >= 4 is 0 Å². The van der Waals surface area contributed by atoms with E-state index in [0.29, 0.717) is 0 Å². The van der Waals surface area contributed by atoms with Crippen molar-refractivity contribution in [1.82, 2.24) is 5.32 Å². The summed E-state index contributed by atoms with van der Waals surface area (Å²) in [7, 11) is 0. The van der Waals surface area contributed by atoms with E-state index in [1.54, 1.807) is 0 Å². The zero-order valence-corrected chi connectivity index (χ0v) is 7.38. The van der Waals surface area contributed by atoms with E-state index in [1.165, 1.54) is 0 Å². The summed E-state index contributed by atoms with van der Waals surface area (Å²) in [5.74, 6) is 0. The van der Waals surface area contributed by atoms with Gasteiger partial charge in [-0.2, -0.15) is 0 Å². The first-order chi connectivity index (χ1) is 6.00. The van der Waals surface area contributed by atoms with E-state index >= 15 is 0 Å². The second-order valence-corrected chi connectivity index (χ2v) is 2.59. The summed E-state index contributed by atoms with van der Waals surface area (Å²) < 4.78 is 14.0. The van der Waals surface area contributed by atoms with Gasteiger partial charge in [0.05, 0.1) is 39.6 Å². The summed E-state index contributed by atoms with van der Waals surface area (Å²) in [6, 6.07) is 0. The van der Waals surface area contributed by atoms with Crippen molar-refractivity contribution in [3.63, 3.8) is 0 Å². The lowest BCUT2D eigenvalue weighted by Gasteiger charge is -2.10. The van der Waals surface area contributed by atoms with E-state index in [0.717, 1.165) is 52.7 Å². The van der Waals surface area contributed by atoms with Crippen LogP contribution in [0.1, 0.15) is 0 Å². The molecule has 3 heterocycles. The minimum Gasteiger partial charge on any atom is -0.379 e. The summed E-state index contributed by atoms with van der Waals surface area (Å²) in [4.78, 5) is 0. The van der Waals surface area contributed by atoms with Crippen LogP contribution in [0, 0.1) is 0 Å². The van der Waals surface area contributed by atoms with Crippen LogP contribution in [0.4, 0.5) is 0 Å². The van der Waals surface area contributed by atoms with Crippen LogP contribution in [0.3, 0.4) is 0 Å². The molecule has 0 saturated carbocycles. The maximum Gasteiger partial charge on any atom is 0.0701 e. The average molecular weight is 175 g/mol. The normalized spacial score (nSPS) is 24.0. The van der Waals surface area contributed by atoms with Gasteiger partial charge in [-0.25, -0.2) is 0 Å². The lowest BCUT2D eigenvalue weighted by atomic mass is 10.5. The van der Waals surface area contributed by atoms with Crippen molar-refractivity contribution in [3.05, 3.63) is 0 Å². The fraction of sp³-hybridized carbons (Fsp3) is 1.00. The highest BCUT2D eigenvalue weighted by Crippen LogP contribution is 1.85. The average Bonchev–Trinajstić information content (AvgIpc) is 2.93. The first kappa shape index (κ1) is 9.92. The molecule has 0 bridgehead atoms. The number of nitrogens with one attached hydrogen (secondary N) is 1. The van der Waals surface area contributed by atoms with E-state index < -0.39 is 0 Å². The highest BCUT2D eigenvalue weighted by Gasteiger charge is 1.94. The second-order valence-electron chi connectivity index (χ2n) is 2.59. The van der Waals surface area contributed by atoms with Crippen LogP contribution < -0.4 is 5.32 Å². The molecule has 0 aromatic carbocycles. The van der Waals surface area contributed by atoms with E-state index in [1.807, 2.05) is 0 Å². The predicted octanol–water partition coefficient (Wildman–Crippen LogP) is -0.361. The molecule has 1 N–H and O–H groups in total. The van der Waals surface area contributed by atoms with Crippen molar-refractivity contribution in [2.24, 2.45) is 0 Å². The van der Waals surface area contributed by atoms with Crippen molar-refractivity contribution < 1.29 is 14.2 Å². The standard InChI is InChI=1S/C4H9NO.2C2H4O/c1-3-6-4-2-5-1;2*1-2-3-1/h5H,1-4H2;2*1-2H2. The molecule has 3 saturated heterocycles. The number of rotatable bonds is 0. The van der Waals surface area contributed by atoms with Gasteiger partial charge in [0.1, 0.15) is 0 Å². The molecule has 3 aliphatic rings. The Morgan fingerprint density at radius 3 is 1.08 bits per heavy atom. The fourth-order valence-electron chi connectivity index (χ4n) is 0.516. The zero-order chi connectivity index (χ0) is 8.49. The molecule has 0 aliphatic carbocycles. The van der Waals surface area contributed by atoms with Gasteiger partial charge >= 0.3 is 0 Å². The van der Waals surface area contributed by atoms with E-state index in [4.69, 9.17) is 4.74 Å². The first-order valence-electron chi connectivity index (χ1n) is 4.44. The van der Waals surface area contributed by atoms with Gasteiger partial charge in [0, 0.05) is 13.1 Å². The Kier molecular flexibility index (Phi) is 6.19. The molecular formula is C8H17NO3. The molecule has 3 rings (SSSR count). The van der Waals surface area contributed by atoms with Crippen molar-refractivity contribution in [3.8, 4) is 0 Å². The predicted molar refractivity (Wildman–Crippen MR) is 45.3 cm³/mol. The lowest BCUT2D eigenvalue weighted by molar-refractivity contribution is 0.109.